The van der Waals surface area contributed by atoms with Gasteiger partial charge in [-0.05, 0) is 36.8 Å². The third-order valence-electron chi connectivity index (χ3n) is 3.47. The maximum atomic E-state index is 12.4. The van der Waals surface area contributed by atoms with Crippen molar-refractivity contribution in [2.45, 2.75) is 6.92 Å². The zero-order valence-electron chi connectivity index (χ0n) is 10.9. The molecule has 0 radical (unpaired) electrons. The summed E-state index contributed by atoms with van der Waals surface area (Å²) in [4.78, 5) is 25.9. The van der Waals surface area contributed by atoms with Crippen molar-refractivity contribution in [3.05, 3.63) is 53.1 Å². The van der Waals surface area contributed by atoms with Gasteiger partial charge in [-0.2, -0.15) is 0 Å². The summed E-state index contributed by atoms with van der Waals surface area (Å²) in [5.74, 6) is -0.785. The molecule has 2 amide bonds. The van der Waals surface area contributed by atoms with Crippen molar-refractivity contribution in [1.29, 1.82) is 0 Å². The fourth-order valence-corrected chi connectivity index (χ4v) is 2.31. The number of aryl methyl sites for hydroxylation is 1. The van der Waals surface area contributed by atoms with Gasteiger partial charge < -0.3 is 11.5 Å². The first-order valence-corrected chi connectivity index (χ1v) is 6.14. The van der Waals surface area contributed by atoms with Crippen LogP contribution < -0.4 is 16.4 Å². The Hall–Kier alpha value is -2.82. The Kier molecular flexibility index (Phi) is 2.50. The summed E-state index contributed by atoms with van der Waals surface area (Å²) in [6, 6.07) is 9.96. The first-order valence-electron chi connectivity index (χ1n) is 6.14. The Bertz CT molecular complexity index is 753. The molecular weight excluding hydrogens is 254 g/mol. The second-order valence-electron chi connectivity index (χ2n) is 4.76. The highest BCUT2D eigenvalue weighted by Crippen LogP contribution is 2.32. The number of carbonyl (C=O) groups is 2. The summed E-state index contributed by atoms with van der Waals surface area (Å²) in [6.07, 6.45) is 0. The highest BCUT2D eigenvalue weighted by Gasteiger charge is 2.38. The van der Waals surface area contributed by atoms with Crippen LogP contribution in [0.25, 0.3) is 0 Å². The maximum Gasteiger partial charge on any atom is 0.268 e. The number of amides is 2. The van der Waals surface area contributed by atoms with E-state index in [0.29, 0.717) is 22.6 Å². The molecule has 5 heteroatoms. The quantitative estimate of drug-likeness (QED) is 0.610. The number of benzene rings is 2. The lowest BCUT2D eigenvalue weighted by atomic mass is 10.1. The fourth-order valence-electron chi connectivity index (χ4n) is 2.31. The van der Waals surface area contributed by atoms with Crippen molar-refractivity contribution in [2.24, 2.45) is 0 Å². The van der Waals surface area contributed by atoms with Crippen LogP contribution in [-0.2, 0) is 0 Å². The lowest BCUT2D eigenvalue weighted by Gasteiger charge is -2.15. The molecular formula is C15H13N3O2. The second-order valence-corrected chi connectivity index (χ2v) is 4.76. The molecule has 0 saturated heterocycles. The number of rotatable bonds is 1. The molecule has 3 rings (SSSR count). The summed E-state index contributed by atoms with van der Waals surface area (Å²) in [7, 11) is 0. The van der Waals surface area contributed by atoms with E-state index in [0.717, 1.165) is 10.5 Å². The summed E-state index contributed by atoms with van der Waals surface area (Å²) in [5.41, 5.74) is 14.4. The predicted molar refractivity (Wildman–Crippen MR) is 77.6 cm³/mol. The Labute approximate surface area is 115 Å². The fraction of sp³-hybridized carbons (Fsp3) is 0.0667. The standard InChI is InChI=1S/C15H13N3O2/c1-8-5-6-9(7-12(8)17)18-14(19)10-3-2-4-11(16)13(10)15(18)20/h2-7H,16-17H2,1H3. The van der Waals surface area contributed by atoms with Gasteiger partial charge in [-0.1, -0.05) is 12.1 Å². The number of carbonyl (C=O) groups excluding carboxylic acids is 2. The smallest absolute Gasteiger partial charge is 0.268 e. The first kappa shape index (κ1) is 12.2. The minimum atomic E-state index is -0.411. The number of hydrogen-bond acceptors (Lipinski definition) is 4. The molecule has 1 heterocycles. The van der Waals surface area contributed by atoms with Gasteiger partial charge in [0, 0.05) is 11.4 Å². The number of fused-ring (bicyclic) bond motifs is 1. The average Bonchev–Trinajstić information content (AvgIpc) is 2.67. The summed E-state index contributed by atoms with van der Waals surface area (Å²) < 4.78 is 0. The van der Waals surface area contributed by atoms with Crippen LogP contribution in [0.2, 0.25) is 0 Å². The zero-order chi connectivity index (χ0) is 14.4. The van der Waals surface area contributed by atoms with E-state index in [1.54, 1.807) is 36.4 Å². The molecule has 1 aliphatic rings. The van der Waals surface area contributed by atoms with Crippen LogP contribution in [0, 0.1) is 6.92 Å². The van der Waals surface area contributed by atoms with Gasteiger partial charge in [0.25, 0.3) is 11.8 Å². The van der Waals surface area contributed by atoms with Crippen molar-refractivity contribution in [3.63, 3.8) is 0 Å². The molecule has 0 spiro atoms. The molecule has 4 N–H and O–H groups in total. The van der Waals surface area contributed by atoms with Gasteiger partial charge in [-0.3, -0.25) is 9.59 Å². The van der Waals surface area contributed by atoms with E-state index in [1.807, 2.05) is 6.92 Å². The van der Waals surface area contributed by atoms with E-state index < -0.39 is 5.91 Å². The minimum Gasteiger partial charge on any atom is -0.398 e. The molecule has 0 atom stereocenters. The van der Waals surface area contributed by atoms with Crippen LogP contribution in [0.5, 0.6) is 0 Å². The lowest BCUT2D eigenvalue weighted by Crippen LogP contribution is -2.29. The van der Waals surface area contributed by atoms with Crippen molar-refractivity contribution in [1.82, 2.24) is 0 Å². The Balaban J connectivity index is 2.14. The molecule has 2 aromatic rings. The van der Waals surface area contributed by atoms with Gasteiger partial charge in [-0.15, -0.1) is 0 Å². The Morgan fingerprint density at radius 3 is 2.35 bits per heavy atom. The first-order chi connectivity index (χ1) is 9.50. The van der Waals surface area contributed by atoms with Crippen LogP contribution in [0.3, 0.4) is 0 Å². The van der Waals surface area contributed by atoms with Crippen LogP contribution in [0.1, 0.15) is 26.3 Å². The van der Waals surface area contributed by atoms with Crippen molar-refractivity contribution < 1.29 is 9.59 Å². The van der Waals surface area contributed by atoms with Gasteiger partial charge >= 0.3 is 0 Å². The van der Waals surface area contributed by atoms with Crippen molar-refractivity contribution in [3.8, 4) is 0 Å². The van der Waals surface area contributed by atoms with Gasteiger partial charge in [0.05, 0.1) is 16.8 Å². The maximum absolute atomic E-state index is 12.4. The topological polar surface area (TPSA) is 89.4 Å². The van der Waals surface area contributed by atoms with Crippen LogP contribution >= 0.6 is 0 Å². The van der Waals surface area contributed by atoms with Gasteiger partial charge in [0.15, 0.2) is 0 Å². The predicted octanol–water partition coefficient (Wildman–Crippen LogP) is 1.96. The Morgan fingerprint density at radius 2 is 1.70 bits per heavy atom. The second kappa shape index (κ2) is 4.09. The number of nitrogens with two attached hydrogens (primary N) is 2. The van der Waals surface area contributed by atoms with Gasteiger partial charge in [0.2, 0.25) is 0 Å². The minimum absolute atomic E-state index is 0.261. The molecule has 0 bridgehead atoms. The third kappa shape index (κ3) is 1.56. The van der Waals surface area contributed by atoms with Crippen LogP contribution in [0.4, 0.5) is 17.1 Å². The number of nitrogen functional groups attached to an aromatic ring is 2. The normalized spacial score (nSPS) is 13.8. The average molecular weight is 267 g/mol. The third-order valence-corrected chi connectivity index (χ3v) is 3.47. The molecule has 0 aliphatic carbocycles. The van der Waals surface area contributed by atoms with Crippen LogP contribution in [-0.4, -0.2) is 11.8 Å². The highest BCUT2D eigenvalue weighted by molar-refractivity contribution is 6.36. The van der Waals surface area contributed by atoms with Crippen molar-refractivity contribution in [2.75, 3.05) is 16.4 Å². The monoisotopic (exact) mass is 267 g/mol. The number of nitrogens with zero attached hydrogens (tertiary/aromatic N) is 1. The lowest BCUT2D eigenvalue weighted by molar-refractivity contribution is 0.0926. The van der Waals surface area contributed by atoms with E-state index >= 15 is 0 Å². The Morgan fingerprint density at radius 1 is 0.950 bits per heavy atom. The molecule has 0 saturated carbocycles. The molecule has 0 fully saturated rings. The molecule has 1 aliphatic heterocycles. The van der Waals surface area contributed by atoms with Gasteiger partial charge in [-0.25, -0.2) is 4.90 Å². The zero-order valence-corrected chi connectivity index (χ0v) is 10.9. The number of hydrogen-bond donors (Lipinski definition) is 2. The molecule has 0 aromatic heterocycles. The molecule has 20 heavy (non-hydrogen) atoms. The molecule has 100 valence electrons. The summed E-state index contributed by atoms with van der Waals surface area (Å²) >= 11 is 0. The van der Waals surface area contributed by atoms with Crippen molar-refractivity contribution >= 4 is 28.9 Å². The summed E-state index contributed by atoms with van der Waals surface area (Å²) in [6.45, 7) is 1.86. The summed E-state index contributed by atoms with van der Waals surface area (Å²) in [5, 5.41) is 0. The number of imide groups is 1. The largest absolute Gasteiger partial charge is 0.398 e. The molecule has 2 aromatic carbocycles. The van der Waals surface area contributed by atoms with E-state index in [4.69, 9.17) is 11.5 Å². The van der Waals surface area contributed by atoms with E-state index in [1.165, 1.54) is 0 Å². The molecule has 0 unspecified atom stereocenters. The SMILES string of the molecule is Cc1ccc(N2C(=O)c3cccc(N)c3C2=O)cc1N. The van der Waals surface area contributed by atoms with Gasteiger partial charge in [0.1, 0.15) is 0 Å². The number of anilines is 3. The van der Waals surface area contributed by atoms with E-state index in [2.05, 4.69) is 0 Å². The van der Waals surface area contributed by atoms with E-state index in [-0.39, 0.29) is 11.5 Å². The molecule has 5 nitrogen and oxygen atoms in total. The highest BCUT2D eigenvalue weighted by atomic mass is 16.2. The van der Waals surface area contributed by atoms with Crippen LogP contribution in [0.15, 0.2) is 36.4 Å². The van der Waals surface area contributed by atoms with E-state index in [9.17, 15) is 9.59 Å².